The Labute approximate surface area is 112 Å². The summed E-state index contributed by atoms with van der Waals surface area (Å²) in [7, 11) is 0. The first-order valence-corrected chi connectivity index (χ1v) is 6.27. The van der Waals surface area contributed by atoms with Gasteiger partial charge >= 0.3 is 0 Å². The standard InChI is InChI=1S/C16H17FO2/c1-11(18)14-8-9-16(15(17)10-14)19-12(2)13-6-4-3-5-7-13/h3-12,18H,1-2H3/t11-,12?/m0/s1. The van der Waals surface area contributed by atoms with Crippen LogP contribution in [0.3, 0.4) is 0 Å². The molecule has 1 unspecified atom stereocenters. The van der Waals surface area contributed by atoms with Gasteiger partial charge in [0.2, 0.25) is 0 Å². The summed E-state index contributed by atoms with van der Waals surface area (Å²) >= 11 is 0. The molecule has 2 atom stereocenters. The van der Waals surface area contributed by atoms with Gasteiger partial charge in [-0.15, -0.1) is 0 Å². The summed E-state index contributed by atoms with van der Waals surface area (Å²) in [6, 6.07) is 14.2. The molecule has 0 bridgehead atoms. The van der Waals surface area contributed by atoms with Crippen LogP contribution >= 0.6 is 0 Å². The molecule has 0 heterocycles. The third-order valence-corrected chi connectivity index (χ3v) is 3.01. The molecular formula is C16H17FO2. The van der Waals surface area contributed by atoms with Gasteiger partial charge in [0, 0.05) is 0 Å². The smallest absolute Gasteiger partial charge is 0.165 e. The highest BCUT2D eigenvalue weighted by atomic mass is 19.1. The first-order valence-electron chi connectivity index (χ1n) is 6.27. The van der Waals surface area contributed by atoms with Crippen LogP contribution < -0.4 is 4.74 Å². The Morgan fingerprint density at radius 1 is 1.00 bits per heavy atom. The second-order valence-electron chi connectivity index (χ2n) is 4.54. The lowest BCUT2D eigenvalue weighted by Crippen LogP contribution is -2.04. The van der Waals surface area contributed by atoms with E-state index in [-0.39, 0.29) is 11.9 Å². The average molecular weight is 260 g/mol. The van der Waals surface area contributed by atoms with E-state index in [1.165, 1.54) is 6.07 Å². The van der Waals surface area contributed by atoms with Crippen LogP contribution in [0.15, 0.2) is 48.5 Å². The second-order valence-corrected chi connectivity index (χ2v) is 4.54. The fourth-order valence-corrected chi connectivity index (χ4v) is 1.86. The van der Waals surface area contributed by atoms with Crippen LogP contribution in [0.1, 0.15) is 37.2 Å². The second kappa shape index (κ2) is 5.85. The molecule has 2 rings (SSSR count). The molecule has 2 nitrogen and oxygen atoms in total. The molecule has 2 aromatic carbocycles. The van der Waals surface area contributed by atoms with Gasteiger partial charge in [-0.1, -0.05) is 36.4 Å². The summed E-state index contributed by atoms with van der Waals surface area (Å²) in [6.07, 6.45) is -0.914. The molecule has 1 N–H and O–H groups in total. The molecule has 0 spiro atoms. The van der Waals surface area contributed by atoms with Crippen LogP contribution in [0.4, 0.5) is 4.39 Å². The minimum absolute atomic E-state index is 0.195. The van der Waals surface area contributed by atoms with Crippen LogP contribution in [-0.2, 0) is 0 Å². The largest absolute Gasteiger partial charge is 0.483 e. The number of hydrogen-bond acceptors (Lipinski definition) is 2. The van der Waals surface area contributed by atoms with Gasteiger partial charge in [-0.25, -0.2) is 4.39 Å². The van der Waals surface area contributed by atoms with Gasteiger partial charge in [0.05, 0.1) is 6.10 Å². The predicted octanol–water partition coefficient (Wildman–Crippen LogP) is 4.02. The number of benzene rings is 2. The van der Waals surface area contributed by atoms with E-state index in [0.717, 1.165) is 5.56 Å². The topological polar surface area (TPSA) is 29.5 Å². The fourth-order valence-electron chi connectivity index (χ4n) is 1.86. The van der Waals surface area contributed by atoms with E-state index < -0.39 is 11.9 Å². The summed E-state index contributed by atoms with van der Waals surface area (Å²) in [5.74, 6) is -0.262. The molecular weight excluding hydrogens is 243 g/mol. The Kier molecular flexibility index (Phi) is 4.17. The summed E-state index contributed by atoms with van der Waals surface area (Å²) in [5.41, 5.74) is 1.53. The lowest BCUT2D eigenvalue weighted by molar-refractivity contribution is 0.196. The summed E-state index contributed by atoms with van der Waals surface area (Å²) in [5, 5.41) is 9.39. The average Bonchev–Trinajstić information content (AvgIpc) is 2.41. The molecule has 0 aliphatic carbocycles. The van der Waals surface area contributed by atoms with E-state index in [4.69, 9.17) is 4.74 Å². The Balaban J connectivity index is 2.15. The van der Waals surface area contributed by atoms with Crippen molar-refractivity contribution in [2.75, 3.05) is 0 Å². The highest BCUT2D eigenvalue weighted by Crippen LogP contribution is 2.26. The van der Waals surface area contributed by atoms with Crippen molar-refractivity contribution in [3.05, 3.63) is 65.5 Å². The minimum atomic E-state index is -0.685. The molecule has 0 aliphatic rings. The zero-order valence-electron chi connectivity index (χ0n) is 11.0. The van der Waals surface area contributed by atoms with E-state index in [1.54, 1.807) is 19.1 Å². The number of rotatable bonds is 4. The minimum Gasteiger partial charge on any atom is -0.483 e. The Morgan fingerprint density at radius 3 is 2.26 bits per heavy atom. The summed E-state index contributed by atoms with van der Waals surface area (Å²) < 4.78 is 19.5. The van der Waals surface area contributed by atoms with E-state index >= 15 is 0 Å². The van der Waals surface area contributed by atoms with E-state index in [2.05, 4.69) is 0 Å². The van der Waals surface area contributed by atoms with E-state index in [9.17, 15) is 9.50 Å². The zero-order valence-corrected chi connectivity index (χ0v) is 11.0. The van der Waals surface area contributed by atoms with Crippen molar-refractivity contribution in [3.63, 3.8) is 0 Å². The van der Waals surface area contributed by atoms with Gasteiger partial charge in [-0.05, 0) is 37.1 Å². The quantitative estimate of drug-likeness (QED) is 0.899. The van der Waals surface area contributed by atoms with Gasteiger partial charge in [-0.2, -0.15) is 0 Å². The van der Waals surface area contributed by atoms with Gasteiger partial charge < -0.3 is 9.84 Å². The SMILES string of the molecule is CC(Oc1ccc([C@H](C)O)cc1F)c1ccccc1. The zero-order chi connectivity index (χ0) is 13.8. The maximum absolute atomic E-state index is 13.9. The third kappa shape index (κ3) is 3.32. The van der Waals surface area contributed by atoms with Gasteiger partial charge in [0.25, 0.3) is 0 Å². The monoisotopic (exact) mass is 260 g/mol. The summed E-state index contributed by atoms with van der Waals surface area (Å²) in [4.78, 5) is 0. The molecule has 0 radical (unpaired) electrons. The molecule has 0 fully saturated rings. The number of aliphatic hydroxyl groups is 1. The van der Waals surface area contributed by atoms with E-state index in [0.29, 0.717) is 5.56 Å². The molecule has 0 saturated carbocycles. The number of aliphatic hydroxyl groups excluding tert-OH is 1. The summed E-state index contributed by atoms with van der Waals surface area (Å²) in [6.45, 7) is 3.47. The Bertz CT molecular complexity index is 538. The van der Waals surface area contributed by atoms with Crippen molar-refractivity contribution in [1.82, 2.24) is 0 Å². The van der Waals surface area contributed by atoms with Gasteiger partial charge in [-0.3, -0.25) is 0 Å². The third-order valence-electron chi connectivity index (χ3n) is 3.01. The highest BCUT2D eigenvalue weighted by molar-refractivity contribution is 5.31. The molecule has 0 aromatic heterocycles. The fraction of sp³-hybridized carbons (Fsp3) is 0.250. The van der Waals surface area contributed by atoms with Crippen molar-refractivity contribution >= 4 is 0 Å². The van der Waals surface area contributed by atoms with Crippen molar-refractivity contribution in [2.24, 2.45) is 0 Å². The van der Waals surface area contributed by atoms with Crippen LogP contribution in [0.5, 0.6) is 5.75 Å². The lowest BCUT2D eigenvalue weighted by atomic mass is 10.1. The Hall–Kier alpha value is -1.87. The van der Waals surface area contributed by atoms with Gasteiger partial charge in [0.1, 0.15) is 6.10 Å². The maximum atomic E-state index is 13.9. The highest BCUT2D eigenvalue weighted by Gasteiger charge is 2.12. The van der Waals surface area contributed by atoms with Crippen molar-refractivity contribution in [1.29, 1.82) is 0 Å². The Morgan fingerprint density at radius 2 is 1.68 bits per heavy atom. The number of hydrogen-bond donors (Lipinski definition) is 1. The molecule has 3 heteroatoms. The molecule has 0 amide bonds. The first-order chi connectivity index (χ1) is 9.08. The normalized spacial score (nSPS) is 13.9. The number of halogens is 1. The van der Waals surface area contributed by atoms with Crippen molar-refractivity contribution in [2.45, 2.75) is 26.1 Å². The van der Waals surface area contributed by atoms with Crippen molar-refractivity contribution < 1.29 is 14.2 Å². The first kappa shape index (κ1) is 13.6. The lowest BCUT2D eigenvalue weighted by Gasteiger charge is -2.16. The number of ether oxygens (including phenoxy) is 1. The van der Waals surface area contributed by atoms with Crippen LogP contribution in [0.25, 0.3) is 0 Å². The van der Waals surface area contributed by atoms with Crippen LogP contribution in [0, 0.1) is 5.82 Å². The maximum Gasteiger partial charge on any atom is 0.165 e. The molecule has 0 saturated heterocycles. The molecule has 19 heavy (non-hydrogen) atoms. The van der Waals surface area contributed by atoms with Crippen LogP contribution in [-0.4, -0.2) is 5.11 Å². The van der Waals surface area contributed by atoms with E-state index in [1.807, 2.05) is 37.3 Å². The molecule has 0 aliphatic heterocycles. The van der Waals surface area contributed by atoms with Crippen molar-refractivity contribution in [3.8, 4) is 5.75 Å². The predicted molar refractivity (Wildman–Crippen MR) is 72.5 cm³/mol. The van der Waals surface area contributed by atoms with Crippen LogP contribution in [0.2, 0.25) is 0 Å². The van der Waals surface area contributed by atoms with Gasteiger partial charge in [0.15, 0.2) is 11.6 Å². The molecule has 2 aromatic rings. The molecule has 100 valence electrons.